The van der Waals surface area contributed by atoms with Gasteiger partial charge in [0, 0.05) is 124 Å². The third kappa shape index (κ3) is 11.7. The predicted octanol–water partition coefficient (Wildman–Crippen LogP) is 5.00. The number of halogens is 1. The number of nitrogens with two attached hydrogens (primary N) is 1. The fourth-order valence-corrected chi connectivity index (χ4v) is 9.93. The van der Waals surface area contributed by atoms with Gasteiger partial charge in [-0.1, -0.05) is 18.2 Å². The Kier molecular flexibility index (Phi) is 16.2. The number of piperidine rings is 1. The summed E-state index contributed by atoms with van der Waals surface area (Å²) in [7, 11) is 1.88. The van der Waals surface area contributed by atoms with Crippen molar-refractivity contribution in [2.75, 3.05) is 76.7 Å². The number of ether oxygens (including phenoxy) is 1. The van der Waals surface area contributed by atoms with Crippen LogP contribution in [0.25, 0.3) is 11.2 Å². The molecule has 2 aromatic heterocycles. The van der Waals surface area contributed by atoms with Gasteiger partial charge in [-0.05, 0) is 81.5 Å². The number of carbonyl (C=O) groups is 3. The van der Waals surface area contributed by atoms with Gasteiger partial charge in [-0.2, -0.15) is 9.50 Å². The van der Waals surface area contributed by atoms with Gasteiger partial charge in [0.15, 0.2) is 5.75 Å². The number of hydrogen-bond donors (Lipinski definition) is 4. The summed E-state index contributed by atoms with van der Waals surface area (Å²) in [5, 5.41) is 17.5. The number of anilines is 3. The van der Waals surface area contributed by atoms with Gasteiger partial charge in [-0.3, -0.25) is 14.5 Å². The molecule has 5 N–H and O–H groups in total. The Morgan fingerprint density at radius 2 is 1.84 bits per heavy atom. The molecule has 2 aromatic carbocycles. The number of piperazine rings is 1. The van der Waals surface area contributed by atoms with Crippen LogP contribution in [0.5, 0.6) is 5.75 Å². The van der Waals surface area contributed by atoms with Gasteiger partial charge in [0.25, 0.3) is 0 Å². The molecule has 4 aromatic rings. The number of nitrogens with zero attached hydrogens (tertiary/aromatic N) is 8. The molecule has 17 nitrogen and oxygen atoms in total. The molecule has 5 heterocycles. The largest absolute Gasteiger partial charge is 0.485 e. The van der Waals surface area contributed by atoms with Crippen LogP contribution >= 0.6 is 0 Å². The van der Waals surface area contributed by atoms with Crippen molar-refractivity contribution in [3.8, 4) is 5.75 Å². The van der Waals surface area contributed by atoms with Crippen LogP contribution < -0.4 is 26.0 Å². The first kappa shape index (κ1) is 48.5. The molecule has 356 valence electrons. The molecule has 19 heteroatoms. The number of allylic oxidation sites excluding steroid dienone is 2. The Balaban J connectivity index is 0.000000672. The second kappa shape index (κ2) is 22.3. The van der Waals surface area contributed by atoms with Crippen molar-refractivity contribution in [1.82, 2.24) is 39.6 Å². The number of aromatic nitrogens is 4. The third-order valence-electron chi connectivity index (χ3n) is 12.4. The minimum atomic E-state index is -1.61. The summed E-state index contributed by atoms with van der Waals surface area (Å²) in [6.07, 6.45) is 14.9. The van der Waals surface area contributed by atoms with E-state index < -0.39 is 16.6 Å². The highest BCUT2D eigenvalue weighted by Crippen LogP contribution is 2.34. The molecule has 0 saturated carbocycles. The molecule has 1 aliphatic carbocycles. The van der Waals surface area contributed by atoms with Crippen molar-refractivity contribution in [3.05, 3.63) is 90.4 Å². The maximum absolute atomic E-state index is 15.6. The van der Waals surface area contributed by atoms with Crippen LogP contribution in [0.1, 0.15) is 51.6 Å². The van der Waals surface area contributed by atoms with E-state index >= 15 is 4.39 Å². The van der Waals surface area contributed by atoms with Gasteiger partial charge in [-0.25, -0.2) is 13.6 Å². The Labute approximate surface area is 393 Å². The second-order valence-electron chi connectivity index (χ2n) is 17.4. The fourth-order valence-electron chi connectivity index (χ4n) is 8.82. The van der Waals surface area contributed by atoms with Crippen LogP contribution in [0.3, 0.4) is 0 Å². The van der Waals surface area contributed by atoms with Crippen molar-refractivity contribution >= 4 is 63.7 Å². The quantitative estimate of drug-likeness (QED) is 0.0664. The number of nitrogens with one attached hydrogen (secondary N) is 3. The van der Waals surface area contributed by atoms with Gasteiger partial charge in [0.1, 0.15) is 24.1 Å². The van der Waals surface area contributed by atoms with Crippen LogP contribution in [-0.4, -0.2) is 135 Å². The van der Waals surface area contributed by atoms with Gasteiger partial charge >= 0.3 is 0 Å². The normalized spacial score (nSPS) is 19.4. The number of aldehydes is 1. The summed E-state index contributed by atoms with van der Waals surface area (Å²) >= 11 is 0. The number of likely N-dealkylation sites (tertiary alicyclic amines) is 2. The van der Waals surface area contributed by atoms with Gasteiger partial charge in [0.2, 0.25) is 23.4 Å². The van der Waals surface area contributed by atoms with E-state index in [2.05, 4.69) is 58.6 Å². The summed E-state index contributed by atoms with van der Waals surface area (Å²) in [5.74, 6) is 0.980. The van der Waals surface area contributed by atoms with E-state index in [0.717, 1.165) is 83.4 Å². The fraction of sp³-hybridized carbons (Fsp3) is 0.438. The molecule has 67 heavy (non-hydrogen) atoms. The van der Waals surface area contributed by atoms with E-state index in [9.17, 15) is 18.6 Å². The summed E-state index contributed by atoms with van der Waals surface area (Å²) in [6.45, 7) is 11.4. The molecule has 8 rings (SSSR count). The molecule has 4 aliphatic rings. The lowest BCUT2D eigenvalue weighted by Gasteiger charge is -2.40. The summed E-state index contributed by atoms with van der Waals surface area (Å²) in [5.41, 5.74) is 9.12. The highest BCUT2D eigenvalue weighted by molar-refractivity contribution is 7.85. The number of benzene rings is 2. The number of amides is 2. The Morgan fingerprint density at radius 3 is 2.52 bits per heavy atom. The van der Waals surface area contributed by atoms with Crippen molar-refractivity contribution < 1.29 is 27.7 Å². The minimum Gasteiger partial charge on any atom is -0.485 e. The summed E-state index contributed by atoms with van der Waals surface area (Å²) < 4.78 is 36.7. The second-order valence-corrected chi connectivity index (χ2v) is 18.9. The number of unbranched alkanes of at least 4 members (excludes halogenated alkanes) is 1. The molecule has 3 unspecified atom stereocenters. The first-order chi connectivity index (χ1) is 32.4. The van der Waals surface area contributed by atoms with Crippen LogP contribution in [-0.2, 0) is 25.2 Å². The lowest BCUT2D eigenvalue weighted by atomic mass is 9.88. The standard InChI is InChI=1S/C42H50FN11O3S.C6H11NO2/c1-27(2)57-39-38(30(22-44)23-45)46-26-54-40(39)48-42(49-54)47-37-10-8-34(21-36(37)43)58(56)33-6-4-5-31(20-33)53-17-15-51(16-18-53)24-28-11-13-52(14-12-28)32-7-9-35-29(19-32)25-50(3)41(35)55;1-7-6(9)4-2-3-5-8/h4-10,19-23,26-29,35,44H,11-18,24-25,45H2,1-3H3,(H,47,49);5H,2-4H2,1H3,(H,7,9)/b30-23+,44-22?;. The monoisotopic (exact) mass is 936 g/mol. The van der Waals surface area contributed by atoms with E-state index in [-0.39, 0.29) is 41.4 Å². The number of carbonyl (C=O) groups excluding carboxylic acids is 3. The smallest absolute Gasteiger partial charge is 0.247 e. The predicted molar refractivity (Wildman–Crippen MR) is 257 cm³/mol. The zero-order chi connectivity index (χ0) is 47.6. The molecular formula is C48H61FN12O5S. The molecule has 2 amide bonds. The highest BCUT2D eigenvalue weighted by Gasteiger charge is 2.38. The van der Waals surface area contributed by atoms with Crippen LogP contribution in [0.15, 0.2) is 88.7 Å². The molecule has 0 radical (unpaired) electrons. The minimum absolute atomic E-state index is 0.00292. The van der Waals surface area contributed by atoms with Crippen molar-refractivity contribution in [3.63, 3.8) is 0 Å². The van der Waals surface area contributed by atoms with Crippen LogP contribution in [0, 0.1) is 29.0 Å². The average Bonchev–Trinajstić information content (AvgIpc) is 3.89. The molecule has 3 aliphatic heterocycles. The zero-order valence-electron chi connectivity index (χ0n) is 38.6. The van der Waals surface area contributed by atoms with Crippen molar-refractivity contribution in [1.29, 1.82) is 5.41 Å². The van der Waals surface area contributed by atoms with E-state index in [4.69, 9.17) is 15.9 Å². The third-order valence-corrected chi connectivity index (χ3v) is 13.8. The van der Waals surface area contributed by atoms with Crippen LogP contribution in [0.4, 0.5) is 21.7 Å². The number of hydrogen-bond acceptors (Lipinski definition) is 14. The summed E-state index contributed by atoms with van der Waals surface area (Å²) in [6, 6.07) is 12.2. The maximum Gasteiger partial charge on any atom is 0.247 e. The van der Waals surface area contributed by atoms with E-state index in [1.807, 2.05) is 50.1 Å². The number of fused-ring (bicyclic) bond motifs is 2. The average molecular weight is 937 g/mol. The lowest BCUT2D eigenvalue weighted by molar-refractivity contribution is -0.128. The van der Waals surface area contributed by atoms with Gasteiger partial charge in [-0.15, -0.1) is 5.10 Å². The Morgan fingerprint density at radius 1 is 1.07 bits per heavy atom. The Hall–Kier alpha value is -6.47. The first-order valence-electron chi connectivity index (χ1n) is 22.8. The van der Waals surface area contributed by atoms with Gasteiger partial charge in [0.05, 0.1) is 28.5 Å². The highest BCUT2D eigenvalue weighted by atomic mass is 32.2. The first-order valence-corrected chi connectivity index (χ1v) is 24.0. The van der Waals surface area contributed by atoms with Crippen molar-refractivity contribution in [2.24, 2.45) is 23.5 Å². The van der Waals surface area contributed by atoms with E-state index in [1.54, 1.807) is 13.1 Å². The Bertz CT molecular complexity index is 2550. The van der Waals surface area contributed by atoms with Gasteiger partial charge < -0.3 is 46.0 Å². The van der Waals surface area contributed by atoms with Crippen molar-refractivity contribution in [2.45, 2.75) is 61.8 Å². The molecule has 0 bridgehead atoms. The molecule has 3 saturated heterocycles. The van der Waals surface area contributed by atoms with E-state index in [0.29, 0.717) is 57.6 Å². The molecular weight excluding hydrogens is 876 g/mol. The van der Waals surface area contributed by atoms with Crippen LogP contribution in [0.2, 0.25) is 0 Å². The molecule has 3 atom stereocenters. The van der Waals surface area contributed by atoms with E-state index in [1.165, 1.54) is 34.9 Å². The number of rotatable bonds is 16. The molecule has 3 fully saturated rings. The maximum atomic E-state index is 15.6. The summed E-state index contributed by atoms with van der Waals surface area (Å²) in [4.78, 5) is 51.7. The topological polar surface area (TPSA) is 207 Å². The molecule has 0 spiro atoms. The SMILES string of the molecule is CC(C)Oc1c(/C(C=N)=C/N)ncn2nc(Nc3ccc(S(=O)c4cccc(N5CCN(CC6CCN(C7=CC8CN(C)C(=O)C8C=C7)CC6)CC5)c4)cc3F)nc12.CNC(=O)CCCC=O. The zero-order valence-corrected chi connectivity index (χ0v) is 39.4. The lowest BCUT2D eigenvalue weighted by Crippen LogP contribution is -2.48.